The second-order valence-electron chi connectivity index (χ2n) is 4.53. The molecule has 1 aliphatic carbocycles. The average molecular weight is 194 g/mol. The number of carbonyl (C=O) groups is 1. The molecule has 14 heavy (non-hydrogen) atoms. The van der Waals surface area contributed by atoms with Gasteiger partial charge in [-0.15, -0.1) is 0 Å². The van der Waals surface area contributed by atoms with Crippen molar-refractivity contribution in [1.82, 2.24) is 0 Å². The molecule has 0 unspecified atom stereocenters. The van der Waals surface area contributed by atoms with Gasteiger partial charge in [0.2, 0.25) is 0 Å². The summed E-state index contributed by atoms with van der Waals surface area (Å²) in [5, 5.41) is 0. The SMILES string of the molecule is [B]C(=O)C1(C)CCC2(CC1)OCCO2. The van der Waals surface area contributed by atoms with Crippen LogP contribution in [-0.2, 0) is 14.3 Å². The molecule has 2 fully saturated rings. The molecule has 0 amide bonds. The summed E-state index contributed by atoms with van der Waals surface area (Å²) in [6.07, 6.45) is 3.10. The molecule has 1 spiro atoms. The lowest BCUT2D eigenvalue weighted by molar-refractivity contribution is -0.189. The molecule has 76 valence electrons. The molecule has 0 atom stereocenters. The van der Waals surface area contributed by atoms with Crippen LogP contribution in [-0.4, -0.2) is 32.5 Å². The summed E-state index contributed by atoms with van der Waals surface area (Å²) in [6, 6.07) is 0. The van der Waals surface area contributed by atoms with Gasteiger partial charge in [-0.3, -0.25) is 0 Å². The van der Waals surface area contributed by atoms with Crippen LogP contribution in [0.4, 0.5) is 0 Å². The van der Waals surface area contributed by atoms with Crippen molar-refractivity contribution in [2.24, 2.45) is 5.41 Å². The third kappa shape index (κ3) is 1.61. The van der Waals surface area contributed by atoms with E-state index in [4.69, 9.17) is 17.3 Å². The van der Waals surface area contributed by atoms with E-state index < -0.39 is 5.79 Å². The molecule has 1 saturated carbocycles. The van der Waals surface area contributed by atoms with Crippen molar-refractivity contribution in [3.8, 4) is 0 Å². The highest BCUT2D eigenvalue weighted by molar-refractivity contribution is 6.58. The standard InChI is InChI=1S/C10H15BO3/c1-9(8(11)12)2-4-10(5-3-9)13-6-7-14-10/h2-7H2,1H3. The van der Waals surface area contributed by atoms with Gasteiger partial charge >= 0.3 is 0 Å². The van der Waals surface area contributed by atoms with Crippen molar-refractivity contribution in [2.45, 2.75) is 38.4 Å². The summed E-state index contributed by atoms with van der Waals surface area (Å²) in [7, 11) is 5.37. The van der Waals surface area contributed by atoms with Crippen LogP contribution in [0.1, 0.15) is 32.6 Å². The van der Waals surface area contributed by atoms with E-state index in [0.717, 1.165) is 25.7 Å². The Morgan fingerprint density at radius 3 is 2.07 bits per heavy atom. The van der Waals surface area contributed by atoms with Gasteiger partial charge < -0.3 is 14.3 Å². The third-order valence-corrected chi connectivity index (χ3v) is 3.52. The van der Waals surface area contributed by atoms with Gasteiger partial charge in [0, 0.05) is 18.3 Å². The third-order valence-electron chi connectivity index (χ3n) is 3.52. The highest BCUT2D eigenvalue weighted by Crippen LogP contribution is 2.44. The molecule has 1 heterocycles. The van der Waals surface area contributed by atoms with Gasteiger partial charge in [0.25, 0.3) is 0 Å². The Hall–Kier alpha value is -0.345. The number of carbonyl (C=O) groups excluding carboxylic acids is 1. The molecule has 1 aliphatic heterocycles. The molecule has 1 saturated heterocycles. The molecule has 4 heteroatoms. The lowest BCUT2D eigenvalue weighted by Crippen LogP contribution is -2.42. The first-order chi connectivity index (χ1) is 6.56. The molecule has 0 aromatic heterocycles. The molecule has 3 nitrogen and oxygen atoms in total. The van der Waals surface area contributed by atoms with Crippen molar-refractivity contribution in [3.63, 3.8) is 0 Å². The number of rotatable bonds is 1. The van der Waals surface area contributed by atoms with Gasteiger partial charge in [0.05, 0.1) is 18.9 Å². The van der Waals surface area contributed by atoms with Crippen LogP contribution in [0.15, 0.2) is 0 Å². The largest absolute Gasteiger partial charge is 0.348 e. The van der Waals surface area contributed by atoms with Gasteiger partial charge in [-0.1, -0.05) is 6.92 Å². The molecule has 0 aromatic rings. The van der Waals surface area contributed by atoms with Crippen LogP contribution in [0.5, 0.6) is 0 Å². The van der Waals surface area contributed by atoms with Crippen LogP contribution in [0, 0.1) is 5.41 Å². The van der Waals surface area contributed by atoms with Crippen LogP contribution in [0.3, 0.4) is 0 Å². The molecule has 2 radical (unpaired) electrons. The van der Waals surface area contributed by atoms with E-state index >= 15 is 0 Å². The van der Waals surface area contributed by atoms with Gasteiger partial charge in [0.15, 0.2) is 13.6 Å². The van der Waals surface area contributed by atoms with Gasteiger partial charge in [0.1, 0.15) is 0 Å². The fraction of sp³-hybridized carbons (Fsp3) is 0.900. The second kappa shape index (κ2) is 3.35. The molecule has 2 aliphatic rings. The Labute approximate surface area is 85.6 Å². The van der Waals surface area contributed by atoms with E-state index in [-0.39, 0.29) is 11.1 Å². The zero-order chi connectivity index (χ0) is 10.2. The summed E-state index contributed by atoms with van der Waals surface area (Å²) in [5.74, 6) is -0.394. The zero-order valence-electron chi connectivity index (χ0n) is 8.54. The first-order valence-corrected chi connectivity index (χ1v) is 5.14. The number of hydrogen-bond donors (Lipinski definition) is 0. The molecular formula is C10H15BO3. The van der Waals surface area contributed by atoms with E-state index in [1.807, 2.05) is 6.92 Å². The van der Waals surface area contributed by atoms with E-state index in [1.54, 1.807) is 0 Å². The number of hydrogen-bond acceptors (Lipinski definition) is 3. The minimum atomic E-state index is -0.394. The smallest absolute Gasteiger partial charge is 0.168 e. The van der Waals surface area contributed by atoms with Crippen molar-refractivity contribution in [1.29, 1.82) is 0 Å². The fourth-order valence-electron chi connectivity index (χ4n) is 2.21. The Morgan fingerprint density at radius 1 is 1.14 bits per heavy atom. The maximum Gasteiger partial charge on any atom is 0.168 e. The molecular weight excluding hydrogens is 179 g/mol. The van der Waals surface area contributed by atoms with E-state index in [1.165, 1.54) is 0 Å². The highest BCUT2D eigenvalue weighted by atomic mass is 16.7. The van der Waals surface area contributed by atoms with Crippen LogP contribution >= 0.6 is 0 Å². The lowest BCUT2D eigenvalue weighted by atomic mass is 9.65. The van der Waals surface area contributed by atoms with Crippen LogP contribution in [0.25, 0.3) is 0 Å². The Kier molecular flexibility index (Phi) is 2.44. The van der Waals surface area contributed by atoms with Crippen LogP contribution < -0.4 is 0 Å². The van der Waals surface area contributed by atoms with Crippen molar-refractivity contribution < 1.29 is 14.3 Å². The molecule has 0 N–H and O–H groups in total. The monoisotopic (exact) mass is 194 g/mol. The summed E-state index contributed by atoms with van der Waals surface area (Å²) in [5.41, 5.74) is -0.564. The summed E-state index contributed by atoms with van der Waals surface area (Å²) < 4.78 is 11.2. The Balaban J connectivity index is 2.01. The number of ether oxygens (including phenoxy) is 2. The van der Waals surface area contributed by atoms with Crippen LogP contribution in [0.2, 0.25) is 0 Å². The van der Waals surface area contributed by atoms with Gasteiger partial charge in [-0.05, 0) is 12.8 Å². The molecule has 0 aromatic carbocycles. The van der Waals surface area contributed by atoms with E-state index in [2.05, 4.69) is 0 Å². The predicted molar refractivity (Wildman–Crippen MR) is 52.0 cm³/mol. The molecule has 2 rings (SSSR count). The first-order valence-electron chi connectivity index (χ1n) is 5.14. The Morgan fingerprint density at radius 2 is 1.64 bits per heavy atom. The average Bonchev–Trinajstić information content (AvgIpc) is 2.60. The van der Waals surface area contributed by atoms with E-state index in [9.17, 15) is 4.79 Å². The minimum absolute atomic E-state index is 0.203. The summed E-state index contributed by atoms with van der Waals surface area (Å²) in [6.45, 7) is 3.28. The van der Waals surface area contributed by atoms with Gasteiger partial charge in [-0.25, -0.2) is 0 Å². The maximum absolute atomic E-state index is 11.2. The molecule has 0 bridgehead atoms. The Bertz CT molecular complexity index is 236. The minimum Gasteiger partial charge on any atom is -0.348 e. The van der Waals surface area contributed by atoms with Crippen molar-refractivity contribution in [3.05, 3.63) is 0 Å². The van der Waals surface area contributed by atoms with Crippen molar-refractivity contribution >= 4 is 13.5 Å². The quantitative estimate of drug-likeness (QED) is 0.584. The summed E-state index contributed by atoms with van der Waals surface area (Å²) >= 11 is 0. The summed E-state index contributed by atoms with van der Waals surface area (Å²) in [4.78, 5) is 11.2. The maximum atomic E-state index is 11.2. The van der Waals surface area contributed by atoms with E-state index in [0.29, 0.717) is 13.2 Å². The predicted octanol–water partition coefficient (Wildman–Crippen LogP) is 1.00. The fourth-order valence-corrected chi connectivity index (χ4v) is 2.21. The topological polar surface area (TPSA) is 35.5 Å². The first kappa shape index (κ1) is 10.2. The zero-order valence-corrected chi connectivity index (χ0v) is 8.54. The normalized spacial score (nSPS) is 29.2. The van der Waals surface area contributed by atoms with Gasteiger partial charge in [-0.2, -0.15) is 0 Å². The lowest BCUT2D eigenvalue weighted by Gasteiger charge is -2.40. The second-order valence-corrected chi connectivity index (χ2v) is 4.53. The highest BCUT2D eigenvalue weighted by Gasteiger charge is 2.45. The van der Waals surface area contributed by atoms with Crippen molar-refractivity contribution in [2.75, 3.05) is 13.2 Å².